The molecule has 0 aliphatic carbocycles. The van der Waals surface area contributed by atoms with Crippen LogP contribution in [0.15, 0.2) is 59.4 Å². The van der Waals surface area contributed by atoms with Crippen molar-refractivity contribution in [2.75, 3.05) is 62.8 Å². The van der Waals surface area contributed by atoms with Gasteiger partial charge in [0, 0.05) is 37.2 Å². The molecule has 1 aromatic heterocycles. The highest BCUT2D eigenvalue weighted by Gasteiger charge is 2.30. The van der Waals surface area contributed by atoms with Crippen LogP contribution in [0.3, 0.4) is 0 Å². The number of hydrogen-bond acceptors (Lipinski definition) is 15. The number of aliphatic carboxylic acids is 2. The fourth-order valence-electron chi connectivity index (χ4n) is 5.89. The Labute approximate surface area is 331 Å². The van der Waals surface area contributed by atoms with Crippen LogP contribution in [0.25, 0.3) is 0 Å². The number of nitrogens with two attached hydrogens (primary N) is 1. The molecule has 58 heavy (non-hydrogen) atoms. The van der Waals surface area contributed by atoms with E-state index in [9.17, 15) is 39.3 Å². The molecule has 0 fully saturated rings. The van der Waals surface area contributed by atoms with Gasteiger partial charge in [0.05, 0.1) is 40.6 Å². The zero-order valence-electron chi connectivity index (χ0n) is 32.0. The molecule has 3 atom stereocenters. The lowest BCUT2D eigenvalue weighted by molar-refractivity contribution is -0.140. The molecular weight excluding hydrogens is 762 g/mol. The number of rotatable bonds is 17. The highest BCUT2D eigenvalue weighted by atomic mass is 16.5. The minimum atomic E-state index is -1.33. The monoisotopic (exact) mass is 807 g/mol. The molecule has 1 aliphatic rings. The number of carboxylic acid groups (broad SMARTS) is 2. The topological polar surface area (TPSA) is 297 Å². The van der Waals surface area contributed by atoms with Crippen molar-refractivity contribution in [2.24, 2.45) is 0 Å². The van der Waals surface area contributed by atoms with E-state index in [1.54, 1.807) is 42.5 Å². The zero-order valence-corrected chi connectivity index (χ0v) is 32.0. The number of hydrogen-bond donors (Lipinski definition) is 9. The maximum Gasteiger partial charge on any atom is 0.326 e. The number of phenolic OH excluding ortho intramolecular Hbond substituents is 1. The van der Waals surface area contributed by atoms with Crippen molar-refractivity contribution in [2.45, 2.75) is 37.5 Å². The summed E-state index contributed by atoms with van der Waals surface area (Å²) in [5.74, 6) is -1.16. The van der Waals surface area contributed by atoms with Gasteiger partial charge in [-0.3, -0.25) is 24.2 Å². The second kappa shape index (κ2) is 20.1. The summed E-state index contributed by atoms with van der Waals surface area (Å²) >= 11 is 0. The van der Waals surface area contributed by atoms with Crippen molar-refractivity contribution in [3.63, 3.8) is 0 Å². The number of phenols is 1. The number of aromatic amines is 1. The third-order valence-electron chi connectivity index (χ3n) is 8.87. The third kappa shape index (κ3) is 11.0. The van der Waals surface area contributed by atoms with Crippen LogP contribution in [0.2, 0.25) is 0 Å². The van der Waals surface area contributed by atoms with Gasteiger partial charge in [0.25, 0.3) is 11.5 Å². The Morgan fingerprint density at radius 2 is 1.64 bits per heavy atom. The van der Waals surface area contributed by atoms with Crippen molar-refractivity contribution in [1.29, 1.82) is 0 Å². The standard InChI is InChI=1S/C20H23N7O7.C18H22O6/c21-20-25-16-15(18(32)26-20)27(9-28)12(8-23-16)7-22-11-3-1-10(2-4-11)17(31)24-13(19(33)34)5-6-14(29)30;1-21-15-6-5-11(8-14(15)20)7-13(19)12-9-16(22-2)18(24-4)17(10-12)23-3/h1-4,9,12-13,22H,5-8H2,(H,24,31)(H,29,30)(H,33,34)(H4,21,23,25,26,32);5-6,8-10,13,19-20H,7H2,1-4H3/t12?,13-;13-/m01/s1. The number of carbonyl (C=O) groups is 4. The van der Waals surface area contributed by atoms with Crippen LogP contribution >= 0.6 is 0 Å². The van der Waals surface area contributed by atoms with Gasteiger partial charge in [0.1, 0.15) is 6.04 Å². The number of H-pyrrole nitrogens is 1. The Bertz CT molecular complexity index is 2120. The van der Waals surface area contributed by atoms with Gasteiger partial charge in [-0.1, -0.05) is 6.07 Å². The highest BCUT2D eigenvalue weighted by molar-refractivity contribution is 5.97. The molecule has 0 radical (unpaired) electrons. The number of nitrogen functional groups attached to an aromatic ring is 1. The Hall–Kier alpha value is -7.22. The van der Waals surface area contributed by atoms with E-state index in [4.69, 9.17) is 29.8 Å². The fraction of sp³-hybridized carbons (Fsp3) is 0.316. The normalized spacial score (nSPS) is 13.9. The Kier molecular flexibility index (Phi) is 15.1. The number of anilines is 4. The van der Waals surface area contributed by atoms with E-state index < -0.39 is 48.0 Å². The van der Waals surface area contributed by atoms with Gasteiger partial charge in [-0.15, -0.1) is 0 Å². The third-order valence-corrected chi connectivity index (χ3v) is 8.87. The molecule has 0 spiro atoms. The molecular formula is C38H45N7O13. The number of amides is 2. The van der Waals surface area contributed by atoms with Gasteiger partial charge in [-0.25, -0.2) is 4.79 Å². The van der Waals surface area contributed by atoms with Gasteiger partial charge in [-0.05, 0) is 66.1 Å². The molecule has 20 heteroatoms. The molecule has 1 unspecified atom stereocenters. The molecule has 10 N–H and O–H groups in total. The first kappa shape index (κ1) is 43.5. The van der Waals surface area contributed by atoms with Crippen LogP contribution < -0.4 is 51.1 Å². The van der Waals surface area contributed by atoms with Gasteiger partial charge < -0.3 is 66.0 Å². The van der Waals surface area contributed by atoms with Crippen molar-refractivity contribution in [3.8, 4) is 28.7 Å². The van der Waals surface area contributed by atoms with Gasteiger partial charge in [0.2, 0.25) is 18.1 Å². The fourth-order valence-corrected chi connectivity index (χ4v) is 5.89. The SMILES string of the molecule is COc1ccc(C[C@@H](O)c2cc(OC)c(OC)c(OC)c2)cc1O.Nc1nc2c(c(=O)[nH]1)N(C=O)C(CNc1ccc(C(=O)N[C@@H](CCC(=O)O)C(=O)O)cc1)CN2. The summed E-state index contributed by atoms with van der Waals surface area (Å²) < 4.78 is 20.9. The van der Waals surface area contributed by atoms with E-state index >= 15 is 0 Å². The molecule has 2 amide bonds. The van der Waals surface area contributed by atoms with E-state index in [0.29, 0.717) is 53.6 Å². The second-order valence-electron chi connectivity index (χ2n) is 12.6. The van der Waals surface area contributed by atoms with E-state index in [0.717, 1.165) is 5.56 Å². The zero-order chi connectivity index (χ0) is 42.5. The number of aromatic hydroxyl groups is 1. The number of aromatic nitrogens is 2. The summed E-state index contributed by atoms with van der Waals surface area (Å²) in [7, 11) is 6.06. The van der Waals surface area contributed by atoms with Crippen LogP contribution in [0.5, 0.6) is 28.7 Å². The molecule has 0 saturated heterocycles. The largest absolute Gasteiger partial charge is 0.504 e. The molecule has 5 rings (SSSR count). The van der Waals surface area contributed by atoms with Gasteiger partial charge in [0.15, 0.2) is 34.5 Å². The quantitative estimate of drug-likeness (QED) is 0.0689. The summed E-state index contributed by atoms with van der Waals surface area (Å²) in [5.41, 5.74) is 7.24. The Morgan fingerprint density at radius 3 is 2.19 bits per heavy atom. The molecule has 20 nitrogen and oxygen atoms in total. The predicted molar refractivity (Wildman–Crippen MR) is 210 cm³/mol. The van der Waals surface area contributed by atoms with E-state index in [-0.39, 0.29) is 41.7 Å². The number of methoxy groups -OCH3 is 4. The number of ether oxygens (including phenoxy) is 4. The minimum absolute atomic E-state index is 0.0343. The van der Waals surface area contributed by atoms with E-state index in [1.165, 1.54) is 45.5 Å². The summed E-state index contributed by atoms with van der Waals surface area (Å²) in [5, 5.41) is 46.6. The van der Waals surface area contributed by atoms with Crippen molar-refractivity contribution >= 4 is 47.4 Å². The van der Waals surface area contributed by atoms with Crippen LogP contribution in [0.1, 0.15) is 40.4 Å². The van der Waals surface area contributed by atoms with E-state index in [2.05, 4.69) is 25.9 Å². The van der Waals surface area contributed by atoms with Crippen molar-refractivity contribution < 1.29 is 58.6 Å². The van der Waals surface area contributed by atoms with Crippen LogP contribution in [-0.4, -0.2) is 108 Å². The van der Waals surface area contributed by atoms with Crippen molar-refractivity contribution in [3.05, 3.63) is 81.6 Å². The molecule has 3 aromatic carbocycles. The lowest BCUT2D eigenvalue weighted by Crippen LogP contribution is -2.50. The molecule has 4 aromatic rings. The summed E-state index contributed by atoms with van der Waals surface area (Å²) in [6.07, 6.45) is -0.585. The number of aliphatic hydroxyl groups is 1. The predicted octanol–water partition coefficient (Wildman–Crippen LogP) is 1.97. The second-order valence-corrected chi connectivity index (χ2v) is 12.6. The average Bonchev–Trinajstić information content (AvgIpc) is 3.20. The number of carbonyl (C=O) groups excluding carboxylic acids is 2. The van der Waals surface area contributed by atoms with Crippen molar-refractivity contribution in [1.82, 2.24) is 15.3 Å². The molecule has 0 saturated carbocycles. The lowest BCUT2D eigenvalue weighted by Gasteiger charge is -2.34. The summed E-state index contributed by atoms with van der Waals surface area (Å²) in [4.78, 5) is 65.7. The first-order valence-corrected chi connectivity index (χ1v) is 17.5. The van der Waals surface area contributed by atoms with Gasteiger partial charge in [-0.2, -0.15) is 4.98 Å². The molecule has 2 heterocycles. The number of benzene rings is 3. The number of nitrogens with zero attached hydrogens (tertiary/aromatic N) is 2. The first-order valence-electron chi connectivity index (χ1n) is 17.5. The highest BCUT2D eigenvalue weighted by Crippen LogP contribution is 2.40. The number of nitrogens with one attached hydrogen (secondary N) is 4. The maximum absolute atomic E-state index is 12.3. The van der Waals surface area contributed by atoms with Crippen LogP contribution in [-0.2, 0) is 20.8 Å². The molecule has 0 bridgehead atoms. The lowest BCUT2D eigenvalue weighted by atomic mass is 10.00. The van der Waals surface area contributed by atoms with Crippen LogP contribution in [0.4, 0.5) is 23.1 Å². The summed E-state index contributed by atoms with van der Waals surface area (Å²) in [6, 6.07) is 12.8. The van der Waals surface area contributed by atoms with Crippen LogP contribution in [0, 0.1) is 0 Å². The Balaban J connectivity index is 0.000000273. The van der Waals surface area contributed by atoms with E-state index in [1.807, 2.05) is 0 Å². The number of aliphatic hydroxyl groups excluding tert-OH is 1. The summed E-state index contributed by atoms with van der Waals surface area (Å²) in [6.45, 7) is 0.568. The van der Waals surface area contributed by atoms with Gasteiger partial charge >= 0.3 is 11.9 Å². The smallest absolute Gasteiger partial charge is 0.326 e. The molecule has 310 valence electrons. The maximum atomic E-state index is 12.3. The average molecular weight is 808 g/mol. The number of carboxylic acids is 2. The minimum Gasteiger partial charge on any atom is -0.504 e. The molecule has 1 aliphatic heterocycles. The number of fused-ring (bicyclic) bond motifs is 1. The first-order chi connectivity index (χ1) is 27.7. The Morgan fingerprint density at radius 1 is 0.983 bits per heavy atom.